The largest absolute Gasteiger partial charge is 0.489 e. The first kappa shape index (κ1) is 12.8. The third kappa shape index (κ3) is 3.99. The van der Waals surface area contributed by atoms with E-state index in [1.807, 2.05) is 6.07 Å². The summed E-state index contributed by atoms with van der Waals surface area (Å²) in [5, 5.41) is 17.5. The van der Waals surface area contributed by atoms with E-state index in [9.17, 15) is 4.79 Å². The predicted octanol–water partition coefficient (Wildman–Crippen LogP) is 2.36. The molecule has 0 bridgehead atoms. The van der Waals surface area contributed by atoms with E-state index >= 15 is 0 Å². The molecule has 17 heavy (non-hydrogen) atoms. The van der Waals surface area contributed by atoms with Crippen LogP contribution in [0.3, 0.4) is 0 Å². The molecule has 0 fully saturated rings. The smallest absolute Gasteiger partial charge is 0.331 e. The highest BCUT2D eigenvalue weighted by Gasteiger charge is 2.03. The van der Waals surface area contributed by atoms with Crippen LogP contribution < -0.4 is 4.74 Å². The van der Waals surface area contributed by atoms with Crippen LogP contribution in [0.1, 0.15) is 18.9 Å². The van der Waals surface area contributed by atoms with Gasteiger partial charge in [-0.1, -0.05) is 13.0 Å². The van der Waals surface area contributed by atoms with Gasteiger partial charge in [-0.2, -0.15) is 5.26 Å². The minimum Gasteiger partial charge on any atom is -0.489 e. The number of nitrogens with zero attached hydrogens (tertiary/aromatic N) is 1. The van der Waals surface area contributed by atoms with E-state index in [0.29, 0.717) is 23.3 Å². The molecule has 0 aliphatic carbocycles. The van der Waals surface area contributed by atoms with Gasteiger partial charge in [-0.05, 0) is 30.7 Å². The lowest BCUT2D eigenvalue weighted by Crippen LogP contribution is -2.02. The van der Waals surface area contributed by atoms with Gasteiger partial charge >= 0.3 is 5.97 Å². The van der Waals surface area contributed by atoms with E-state index in [1.54, 1.807) is 31.2 Å². The second-order valence-electron chi connectivity index (χ2n) is 3.34. The molecule has 4 nitrogen and oxygen atoms in total. The van der Waals surface area contributed by atoms with E-state index < -0.39 is 5.97 Å². The van der Waals surface area contributed by atoms with Crippen molar-refractivity contribution in [2.75, 3.05) is 6.61 Å². The lowest BCUT2D eigenvalue weighted by Gasteiger charge is -2.04. The fourth-order valence-corrected chi connectivity index (χ4v) is 1.28. The molecule has 0 aromatic heterocycles. The Kier molecular flexibility index (Phi) is 4.77. The molecule has 88 valence electrons. The highest BCUT2D eigenvalue weighted by molar-refractivity contribution is 5.86. The van der Waals surface area contributed by atoms with Gasteiger partial charge in [0.1, 0.15) is 12.4 Å². The molecule has 0 aliphatic rings. The number of carboxylic acid groups (broad SMARTS) is 1. The summed E-state index contributed by atoms with van der Waals surface area (Å²) in [6, 6.07) is 8.74. The van der Waals surface area contributed by atoms with Crippen molar-refractivity contribution in [3.05, 3.63) is 41.5 Å². The van der Waals surface area contributed by atoms with E-state index in [0.717, 1.165) is 0 Å². The monoisotopic (exact) mass is 231 g/mol. The highest BCUT2D eigenvalue weighted by Crippen LogP contribution is 2.12. The molecule has 0 unspecified atom stereocenters. The van der Waals surface area contributed by atoms with Crippen LogP contribution in [0.5, 0.6) is 5.75 Å². The highest BCUT2D eigenvalue weighted by atomic mass is 16.5. The summed E-state index contributed by atoms with van der Waals surface area (Å²) in [6.45, 7) is 1.96. The van der Waals surface area contributed by atoms with Gasteiger partial charge < -0.3 is 9.84 Å². The van der Waals surface area contributed by atoms with Gasteiger partial charge in [-0.3, -0.25) is 0 Å². The van der Waals surface area contributed by atoms with Crippen molar-refractivity contribution in [1.29, 1.82) is 5.26 Å². The Morgan fingerprint density at radius 2 is 2.35 bits per heavy atom. The number of hydrogen-bond acceptors (Lipinski definition) is 3. The van der Waals surface area contributed by atoms with Crippen LogP contribution >= 0.6 is 0 Å². The van der Waals surface area contributed by atoms with Crippen LogP contribution in [0.25, 0.3) is 0 Å². The second kappa shape index (κ2) is 6.33. The summed E-state index contributed by atoms with van der Waals surface area (Å²) in [5.74, 6) is -0.372. The Labute approximate surface area is 99.8 Å². The van der Waals surface area contributed by atoms with Crippen molar-refractivity contribution in [2.24, 2.45) is 0 Å². The van der Waals surface area contributed by atoms with E-state index in [1.165, 1.54) is 6.08 Å². The lowest BCUT2D eigenvalue weighted by molar-refractivity contribution is -0.132. The maximum Gasteiger partial charge on any atom is 0.331 e. The van der Waals surface area contributed by atoms with Gasteiger partial charge in [0.25, 0.3) is 0 Å². The van der Waals surface area contributed by atoms with Gasteiger partial charge in [-0.15, -0.1) is 0 Å². The van der Waals surface area contributed by atoms with Gasteiger partial charge in [0.2, 0.25) is 0 Å². The van der Waals surface area contributed by atoms with E-state index in [2.05, 4.69) is 0 Å². The molecule has 1 aromatic carbocycles. The number of aliphatic carboxylic acids is 1. The molecule has 0 aliphatic heterocycles. The average Bonchev–Trinajstić information content (AvgIpc) is 2.34. The first-order chi connectivity index (χ1) is 8.17. The Bertz CT molecular complexity index is 472. The van der Waals surface area contributed by atoms with Crippen molar-refractivity contribution in [3.8, 4) is 11.8 Å². The molecular weight excluding hydrogens is 218 g/mol. The van der Waals surface area contributed by atoms with Crippen molar-refractivity contribution < 1.29 is 14.6 Å². The Balaban J connectivity index is 2.62. The molecular formula is C13H13NO3. The maximum atomic E-state index is 10.7. The third-order valence-electron chi connectivity index (χ3n) is 2.20. The first-order valence-corrected chi connectivity index (χ1v) is 5.22. The predicted molar refractivity (Wildman–Crippen MR) is 62.7 cm³/mol. The molecule has 0 amide bonds. The van der Waals surface area contributed by atoms with Gasteiger partial charge in [0.15, 0.2) is 0 Å². The first-order valence-electron chi connectivity index (χ1n) is 5.22. The zero-order valence-corrected chi connectivity index (χ0v) is 9.51. The van der Waals surface area contributed by atoms with Crippen LogP contribution in [-0.2, 0) is 4.79 Å². The molecule has 0 saturated carbocycles. The number of carboxylic acids is 1. The van der Waals surface area contributed by atoms with Crippen LogP contribution in [-0.4, -0.2) is 17.7 Å². The van der Waals surface area contributed by atoms with Crippen LogP contribution in [0.2, 0.25) is 0 Å². The zero-order chi connectivity index (χ0) is 12.7. The molecule has 0 heterocycles. The molecule has 1 N–H and O–H groups in total. The number of carbonyl (C=O) groups is 1. The molecule has 0 saturated heterocycles. The summed E-state index contributed by atoms with van der Waals surface area (Å²) in [7, 11) is 0. The molecule has 0 radical (unpaired) electrons. The molecule has 0 spiro atoms. The summed E-state index contributed by atoms with van der Waals surface area (Å²) in [5.41, 5.74) is 0.835. The quantitative estimate of drug-likeness (QED) is 0.789. The fraction of sp³-hybridized carbons (Fsp3) is 0.231. The number of hydrogen-bond donors (Lipinski definition) is 1. The fourth-order valence-electron chi connectivity index (χ4n) is 1.28. The number of ether oxygens (including phenoxy) is 1. The van der Waals surface area contributed by atoms with E-state index in [-0.39, 0.29) is 6.61 Å². The molecule has 1 rings (SSSR count). The van der Waals surface area contributed by atoms with Gasteiger partial charge in [0, 0.05) is 5.57 Å². The SMILES string of the molecule is CCC(=CCOc1cccc(C#N)c1)C(=O)O. The van der Waals surface area contributed by atoms with Crippen molar-refractivity contribution in [3.63, 3.8) is 0 Å². The Morgan fingerprint density at radius 3 is 2.94 bits per heavy atom. The summed E-state index contributed by atoms with van der Waals surface area (Å²) >= 11 is 0. The minimum atomic E-state index is -0.929. The minimum absolute atomic E-state index is 0.185. The Morgan fingerprint density at radius 1 is 1.59 bits per heavy atom. The van der Waals surface area contributed by atoms with Crippen LogP contribution in [0.4, 0.5) is 0 Å². The van der Waals surface area contributed by atoms with Gasteiger partial charge in [-0.25, -0.2) is 4.79 Å². The third-order valence-corrected chi connectivity index (χ3v) is 2.20. The summed E-state index contributed by atoms with van der Waals surface area (Å²) in [4.78, 5) is 10.7. The molecule has 4 heteroatoms. The number of benzene rings is 1. The van der Waals surface area contributed by atoms with E-state index in [4.69, 9.17) is 15.1 Å². The normalized spacial score (nSPS) is 10.7. The van der Waals surface area contributed by atoms with Crippen molar-refractivity contribution in [2.45, 2.75) is 13.3 Å². The lowest BCUT2D eigenvalue weighted by atomic mass is 10.2. The van der Waals surface area contributed by atoms with Gasteiger partial charge in [0.05, 0.1) is 11.6 Å². The van der Waals surface area contributed by atoms with Crippen LogP contribution in [0.15, 0.2) is 35.9 Å². The maximum absolute atomic E-state index is 10.7. The second-order valence-corrected chi connectivity index (χ2v) is 3.34. The summed E-state index contributed by atoms with van der Waals surface area (Å²) in [6.07, 6.45) is 1.98. The Hall–Kier alpha value is -2.28. The van der Waals surface area contributed by atoms with Crippen molar-refractivity contribution >= 4 is 5.97 Å². The zero-order valence-electron chi connectivity index (χ0n) is 9.51. The van der Waals surface area contributed by atoms with Crippen LogP contribution in [0, 0.1) is 11.3 Å². The number of rotatable bonds is 5. The summed E-state index contributed by atoms with van der Waals surface area (Å²) < 4.78 is 5.34. The molecule has 1 aromatic rings. The number of nitriles is 1. The van der Waals surface area contributed by atoms with Crippen molar-refractivity contribution in [1.82, 2.24) is 0 Å². The average molecular weight is 231 g/mol. The molecule has 0 atom stereocenters. The topological polar surface area (TPSA) is 70.3 Å². The standard InChI is InChI=1S/C13H13NO3/c1-2-11(13(15)16)6-7-17-12-5-3-4-10(8-12)9-14/h3-6,8H,2,7H2,1H3,(H,15,16).